The molecule has 3 heteroatoms. The molecule has 56 valence electrons. The monoisotopic (exact) mass is 184 g/mol. The second-order valence-corrected chi connectivity index (χ2v) is 3.34. The van der Waals surface area contributed by atoms with E-state index in [0.29, 0.717) is 8.81 Å². The second kappa shape index (κ2) is 2.84. The topological polar surface area (TPSA) is 9.23 Å². The molecule has 0 saturated carbocycles. The summed E-state index contributed by atoms with van der Waals surface area (Å²) in [5.74, 6) is 2.78. The van der Waals surface area contributed by atoms with Crippen LogP contribution >= 0.6 is 20.4 Å². The first-order valence-electron chi connectivity index (χ1n) is 3.25. The lowest BCUT2D eigenvalue weighted by atomic mass is 10.2. The van der Waals surface area contributed by atoms with Crippen LogP contribution in [0.5, 0.6) is 5.75 Å². The summed E-state index contributed by atoms with van der Waals surface area (Å²) in [6.45, 7) is 0. The smallest absolute Gasteiger partial charge is 0.132 e. The van der Waals surface area contributed by atoms with Crippen LogP contribution in [0, 0.1) is 0 Å². The Bertz CT molecular complexity index is 309. The molecule has 1 aromatic carbocycles. The molecule has 0 saturated heterocycles. The number of hydrogen-bond donors (Lipinski definition) is 0. The van der Waals surface area contributed by atoms with Gasteiger partial charge in [-0.05, 0) is 17.9 Å². The normalized spacial score (nSPS) is 17.0. The Kier molecular flexibility index (Phi) is 1.85. The van der Waals surface area contributed by atoms with Crippen LogP contribution < -0.4 is 4.52 Å². The fourth-order valence-corrected chi connectivity index (χ4v) is 1.89. The number of benzene rings is 1. The van der Waals surface area contributed by atoms with Crippen LogP contribution in [0.2, 0.25) is 0 Å². The van der Waals surface area contributed by atoms with Crippen LogP contribution in [-0.4, -0.2) is 0 Å². The molecule has 0 bridgehead atoms. The molecule has 1 heterocycles. The van der Waals surface area contributed by atoms with Gasteiger partial charge in [0.2, 0.25) is 0 Å². The van der Waals surface area contributed by atoms with Gasteiger partial charge in [-0.15, -0.1) is 0 Å². The summed E-state index contributed by atoms with van der Waals surface area (Å²) in [4.78, 5) is 0. The van der Waals surface area contributed by atoms with E-state index >= 15 is 0 Å². The highest BCUT2D eigenvalue weighted by atomic mass is 35.5. The highest BCUT2D eigenvalue weighted by Gasteiger charge is 2.09. The molecule has 1 nitrogen and oxygen atoms in total. The third-order valence-electron chi connectivity index (χ3n) is 1.50. The number of halogens is 1. The third-order valence-corrected chi connectivity index (χ3v) is 2.74. The summed E-state index contributed by atoms with van der Waals surface area (Å²) in [5.41, 5.74) is 0.993. The minimum absolute atomic E-state index is 0.355. The first kappa shape index (κ1) is 7.15. The van der Waals surface area contributed by atoms with Gasteiger partial charge in [-0.25, -0.2) is 0 Å². The van der Waals surface area contributed by atoms with Crippen LogP contribution in [0.3, 0.4) is 0 Å². The molecule has 1 aromatic rings. The Morgan fingerprint density at radius 2 is 2.09 bits per heavy atom. The Hall–Kier alpha value is -0.520. The van der Waals surface area contributed by atoms with Crippen molar-refractivity contribution in [3.8, 4) is 5.75 Å². The molecule has 11 heavy (non-hydrogen) atoms. The maximum Gasteiger partial charge on any atom is 0.132 e. The Morgan fingerprint density at radius 1 is 1.27 bits per heavy atom. The van der Waals surface area contributed by atoms with Crippen molar-refractivity contribution in [2.75, 3.05) is 0 Å². The van der Waals surface area contributed by atoms with Crippen LogP contribution in [0.25, 0.3) is 5.03 Å². The quantitative estimate of drug-likeness (QED) is 0.563. The van der Waals surface area contributed by atoms with E-state index in [1.54, 1.807) is 0 Å². The van der Waals surface area contributed by atoms with Crippen molar-refractivity contribution in [2.45, 2.75) is 0 Å². The van der Waals surface area contributed by atoms with Crippen molar-refractivity contribution in [3.63, 3.8) is 0 Å². The maximum absolute atomic E-state index is 5.94. The van der Waals surface area contributed by atoms with E-state index in [1.165, 1.54) is 0 Å². The number of fused-ring (bicyclic) bond motifs is 1. The predicted molar refractivity (Wildman–Crippen MR) is 49.2 cm³/mol. The molecule has 0 aromatic heterocycles. The van der Waals surface area contributed by atoms with Gasteiger partial charge in [0.25, 0.3) is 0 Å². The Morgan fingerprint density at radius 3 is 2.91 bits per heavy atom. The van der Waals surface area contributed by atoms with Gasteiger partial charge in [-0.3, -0.25) is 0 Å². The fraction of sp³-hybridized carbons (Fsp3) is 0. The average Bonchev–Trinajstić information content (AvgIpc) is 2.06. The van der Waals surface area contributed by atoms with Gasteiger partial charge in [0.05, 0.1) is 13.8 Å². The zero-order valence-electron chi connectivity index (χ0n) is 5.67. The molecule has 1 aliphatic rings. The Balaban J connectivity index is 2.56. The van der Waals surface area contributed by atoms with Crippen molar-refractivity contribution < 1.29 is 4.52 Å². The summed E-state index contributed by atoms with van der Waals surface area (Å²) in [6.07, 6.45) is 0. The van der Waals surface area contributed by atoms with Gasteiger partial charge in [0.15, 0.2) is 0 Å². The summed E-state index contributed by atoms with van der Waals surface area (Å²) in [5, 5.41) is 0.796. The SMILES string of the molecule is ClC1=CPOc2ccccc21. The Labute approximate surface area is 71.9 Å². The zero-order valence-corrected chi connectivity index (χ0v) is 7.43. The van der Waals surface area contributed by atoms with Gasteiger partial charge < -0.3 is 4.52 Å². The lowest BCUT2D eigenvalue weighted by Gasteiger charge is -2.13. The summed E-state index contributed by atoms with van der Waals surface area (Å²) in [7, 11) is 0.355. The number of rotatable bonds is 0. The maximum atomic E-state index is 5.94. The number of hydrogen-bond acceptors (Lipinski definition) is 1. The van der Waals surface area contributed by atoms with E-state index in [4.69, 9.17) is 16.1 Å². The van der Waals surface area contributed by atoms with E-state index in [1.807, 2.05) is 30.1 Å². The minimum atomic E-state index is 0.355. The standard InChI is InChI=1S/C8H6ClOP/c9-7-5-11-10-8-4-2-1-3-6(7)8/h1-5,11H. The molecule has 2 rings (SSSR count). The van der Waals surface area contributed by atoms with E-state index < -0.39 is 0 Å². The van der Waals surface area contributed by atoms with Crippen LogP contribution in [-0.2, 0) is 0 Å². The van der Waals surface area contributed by atoms with Gasteiger partial charge in [-0.1, -0.05) is 23.7 Å². The lowest BCUT2D eigenvalue weighted by Crippen LogP contribution is -1.88. The van der Waals surface area contributed by atoms with Gasteiger partial charge >= 0.3 is 0 Å². The highest BCUT2D eigenvalue weighted by Crippen LogP contribution is 2.39. The second-order valence-electron chi connectivity index (χ2n) is 2.21. The third kappa shape index (κ3) is 1.26. The molecule has 1 atom stereocenters. The summed E-state index contributed by atoms with van der Waals surface area (Å²) in [6, 6.07) is 7.78. The average molecular weight is 185 g/mol. The van der Waals surface area contributed by atoms with E-state index in [9.17, 15) is 0 Å². The summed E-state index contributed by atoms with van der Waals surface area (Å²) >= 11 is 5.94. The fourth-order valence-electron chi connectivity index (χ4n) is 0.975. The summed E-state index contributed by atoms with van der Waals surface area (Å²) < 4.78 is 5.36. The lowest BCUT2D eigenvalue weighted by molar-refractivity contribution is 0.633. The zero-order chi connectivity index (χ0) is 7.68. The molecule has 1 aliphatic heterocycles. The molecular weight excluding hydrogens is 179 g/mol. The molecule has 0 amide bonds. The van der Waals surface area contributed by atoms with Crippen LogP contribution in [0.4, 0.5) is 0 Å². The molecule has 0 fully saturated rings. The first-order chi connectivity index (χ1) is 5.38. The number of para-hydroxylation sites is 1. The molecule has 0 radical (unpaired) electrons. The largest absolute Gasteiger partial charge is 0.472 e. The van der Waals surface area contributed by atoms with Crippen molar-refractivity contribution in [2.24, 2.45) is 0 Å². The van der Waals surface area contributed by atoms with Crippen LogP contribution in [0.1, 0.15) is 5.56 Å². The first-order valence-corrected chi connectivity index (χ1v) is 4.62. The molecule has 0 N–H and O–H groups in total. The minimum Gasteiger partial charge on any atom is -0.472 e. The van der Waals surface area contributed by atoms with Crippen LogP contribution in [0.15, 0.2) is 30.1 Å². The van der Waals surface area contributed by atoms with Crippen molar-refractivity contribution in [1.29, 1.82) is 0 Å². The molecular formula is C8H6ClOP. The van der Waals surface area contributed by atoms with Gasteiger partial charge in [0.1, 0.15) is 5.75 Å². The van der Waals surface area contributed by atoms with Gasteiger partial charge in [-0.2, -0.15) is 0 Å². The van der Waals surface area contributed by atoms with Crippen molar-refractivity contribution >= 4 is 25.4 Å². The van der Waals surface area contributed by atoms with E-state index in [2.05, 4.69) is 0 Å². The van der Waals surface area contributed by atoms with E-state index in [0.717, 1.165) is 16.3 Å². The molecule has 0 aliphatic carbocycles. The molecule has 0 spiro atoms. The highest BCUT2D eigenvalue weighted by molar-refractivity contribution is 7.37. The predicted octanol–water partition coefficient (Wildman–Crippen LogP) is 3.21. The van der Waals surface area contributed by atoms with Gasteiger partial charge in [0, 0.05) is 5.56 Å². The molecule has 1 unspecified atom stereocenters. The van der Waals surface area contributed by atoms with Crippen molar-refractivity contribution in [1.82, 2.24) is 0 Å². The van der Waals surface area contributed by atoms with Crippen molar-refractivity contribution in [3.05, 3.63) is 35.6 Å². The van der Waals surface area contributed by atoms with E-state index in [-0.39, 0.29) is 0 Å².